The monoisotopic (exact) mass is 324 g/mol. The third kappa shape index (κ3) is 3.73. The fourth-order valence-corrected chi connectivity index (χ4v) is 2.76. The molecule has 0 aliphatic carbocycles. The van der Waals surface area contributed by atoms with Gasteiger partial charge >= 0.3 is 0 Å². The van der Waals surface area contributed by atoms with Crippen LogP contribution in [0.15, 0.2) is 53.9 Å². The lowest BCUT2D eigenvalue weighted by Crippen LogP contribution is -2.12. The van der Waals surface area contributed by atoms with Crippen LogP contribution >= 0.6 is 11.3 Å². The summed E-state index contributed by atoms with van der Waals surface area (Å²) >= 11 is 1.39. The van der Waals surface area contributed by atoms with Crippen molar-refractivity contribution in [3.8, 4) is 0 Å². The van der Waals surface area contributed by atoms with E-state index in [1.807, 2.05) is 29.6 Å². The van der Waals surface area contributed by atoms with E-state index in [0.29, 0.717) is 16.5 Å². The zero-order valence-electron chi connectivity index (χ0n) is 12.6. The molecule has 2 aromatic heterocycles. The van der Waals surface area contributed by atoms with Crippen molar-refractivity contribution in [3.63, 3.8) is 0 Å². The molecule has 6 heteroatoms. The summed E-state index contributed by atoms with van der Waals surface area (Å²) < 4.78 is 0. The Labute approximate surface area is 138 Å². The summed E-state index contributed by atoms with van der Waals surface area (Å²) in [7, 11) is 0. The Morgan fingerprint density at radius 1 is 1.04 bits per heavy atom. The van der Waals surface area contributed by atoms with Crippen LogP contribution in [0.2, 0.25) is 0 Å². The first kappa shape index (κ1) is 15.2. The Bertz CT molecular complexity index is 785. The van der Waals surface area contributed by atoms with Crippen LogP contribution in [0.3, 0.4) is 0 Å². The van der Waals surface area contributed by atoms with Crippen molar-refractivity contribution in [2.45, 2.75) is 13.3 Å². The molecule has 0 atom stereocenters. The number of aryl methyl sites for hydroxylation is 1. The molecule has 3 aromatic rings. The molecule has 0 radical (unpaired) electrons. The number of para-hydroxylation sites is 1. The Morgan fingerprint density at radius 2 is 1.83 bits per heavy atom. The third-order valence-corrected chi connectivity index (χ3v) is 4.18. The summed E-state index contributed by atoms with van der Waals surface area (Å²) in [6, 6.07) is 15.2. The van der Waals surface area contributed by atoms with E-state index in [0.717, 1.165) is 12.1 Å². The molecule has 0 saturated carbocycles. The largest absolute Gasteiger partial charge is 0.339 e. The number of anilines is 3. The number of amides is 1. The number of rotatable bonds is 5. The molecular weight excluding hydrogens is 308 g/mol. The standard InChI is InChI=1S/C17H16N4OS/c1-2-12-6-3-4-7-13(12)18-15-9-10-16(21-20-15)19-17(22)14-8-5-11-23-14/h3-11H,2H2,1H3,(H,18,20)(H,19,21,22). The molecule has 1 aromatic carbocycles. The third-order valence-electron chi connectivity index (χ3n) is 3.31. The minimum absolute atomic E-state index is 0.175. The molecule has 23 heavy (non-hydrogen) atoms. The van der Waals surface area contributed by atoms with Crippen LogP contribution in [0.5, 0.6) is 0 Å². The number of thiophene rings is 1. The molecule has 0 spiro atoms. The van der Waals surface area contributed by atoms with Gasteiger partial charge in [-0.2, -0.15) is 0 Å². The minimum Gasteiger partial charge on any atom is -0.339 e. The highest BCUT2D eigenvalue weighted by Crippen LogP contribution is 2.20. The maximum atomic E-state index is 12.0. The van der Waals surface area contributed by atoms with E-state index >= 15 is 0 Å². The van der Waals surface area contributed by atoms with Crippen LogP contribution in [0, 0.1) is 0 Å². The normalized spacial score (nSPS) is 10.3. The van der Waals surface area contributed by atoms with Gasteiger partial charge in [0.1, 0.15) is 0 Å². The maximum Gasteiger partial charge on any atom is 0.266 e. The highest BCUT2D eigenvalue weighted by atomic mass is 32.1. The number of hydrogen-bond donors (Lipinski definition) is 2. The van der Waals surface area contributed by atoms with Crippen LogP contribution in [0.25, 0.3) is 0 Å². The summed E-state index contributed by atoms with van der Waals surface area (Å²) in [5.74, 6) is 0.893. The molecule has 0 fully saturated rings. The van der Waals surface area contributed by atoms with Crippen molar-refractivity contribution in [1.82, 2.24) is 10.2 Å². The van der Waals surface area contributed by atoms with Gasteiger partial charge in [-0.3, -0.25) is 4.79 Å². The van der Waals surface area contributed by atoms with Crippen LogP contribution in [-0.4, -0.2) is 16.1 Å². The van der Waals surface area contributed by atoms with E-state index in [1.165, 1.54) is 16.9 Å². The van der Waals surface area contributed by atoms with Crippen LogP contribution < -0.4 is 10.6 Å². The lowest BCUT2D eigenvalue weighted by atomic mass is 10.1. The average Bonchev–Trinajstić information content (AvgIpc) is 3.12. The fourth-order valence-electron chi connectivity index (χ4n) is 2.14. The Balaban J connectivity index is 1.68. The average molecular weight is 324 g/mol. The Hall–Kier alpha value is -2.73. The summed E-state index contributed by atoms with van der Waals surface area (Å²) in [5.41, 5.74) is 2.23. The highest BCUT2D eigenvalue weighted by Gasteiger charge is 2.08. The molecule has 116 valence electrons. The van der Waals surface area contributed by atoms with Gasteiger partial charge in [0.2, 0.25) is 0 Å². The van der Waals surface area contributed by atoms with Gasteiger partial charge in [0.05, 0.1) is 4.88 Å². The predicted molar refractivity (Wildman–Crippen MR) is 93.4 cm³/mol. The van der Waals surface area contributed by atoms with Gasteiger partial charge in [-0.25, -0.2) is 0 Å². The minimum atomic E-state index is -0.175. The fraction of sp³-hybridized carbons (Fsp3) is 0.118. The summed E-state index contributed by atoms with van der Waals surface area (Å²) in [4.78, 5) is 12.6. The molecule has 5 nitrogen and oxygen atoms in total. The molecule has 3 rings (SSSR count). The molecular formula is C17H16N4OS. The second kappa shape index (κ2) is 7.02. The van der Waals surface area contributed by atoms with E-state index in [1.54, 1.807) is 18.2 Å². The van der Waals surface area contributed by atoms with E-state index in [-0.39, 0.29) is 5.91 Å². The second-order valence-corrected chi connectivity index (χ2v) is 5.82. The molecule has 0 unspecified atom stereocenters. The molecule has 0 aliphatic rings. The molecule has 1 amide bonds. The zero-order chi connectivity index (χ0) is 16.1. The second-order valence-electron chi connectivity index (χ2n) is 4.87. The van der Waals surface area contributed by atoms with E-state index in [2.05, 4.69) is 33.8 Å². The van der Waals surface area contributed by atoms with Crippen molar-refractivity contribution >= 4 is 34.6 Å². The highest BCUT2D eigenvalue weighted by molar-refractivity contribution is 7.12. The lowest BCUT2D eigenvalue weighted by molar-refractivity contribution is 0.103. The quantitative estimate of drug-likeness (QED) is 0.741. The van der Waals surface area contributed by atoms with Crippen LogP contribution in [0.4, 0.5) is 17.3 Å². The van der Waals surface area contributed by atoms with E-state index < -0.39 is 0 Å². The van der Waals surface area contributed by atoms with Gasteiger partial charge in [0, 0.05) is 5.69 Å². The zero-order valence-corrected chi connectivity index (χ0v) is 13.4. The SMILES string of the molecule is CCc1ccccc1Nc1ccc(NC(=O)c2cccs2)nn1. The van der Waals surface area contributed by atoms with Crippen molar-refractivity contribution in [3.05, 3.63) is 64.4 Å². The van der Waals surface area contributed by atoms with Crippen molar-refractivity contribution in [1.29, 1.82) is 0 Å². The first-order valence-electron chi connectivity index (χ1n) is 7.30. The number of carbonyl (C=O) groups is 1. The van der Waals surface area contributed by atoms with Gasteiger partial charge in [-0.15, -0.1) is 21.5 Å². The maximum absolute atomic E-state index is 12.0. The van der Waals surface area contributed by atoms with Gasteiger partial charge in [-0.05, 0) is 41.6 Å². The number of nitrogens with zero attached hydrogens (tertiary/aromatic N) is 2. The van der Waals surface area contributed by atoms with Crippen molar-refractivity contribution in [2.75, 3.05) is 10.6 Å². The molecule has 0 saturated heterocycles. The Kier molecular flexibility index (Phi) is 4.63. The topological polar surface area (TPSA) is 66.9 Å². The van der Waals surface area contributed by atoms with E-state index in [9.17, 15) is 4.79 Å². The summed E-state index contributed by atoms with van der Waals surface area (Å²) in [6.45, 7) is 2.11. The van der Waals surface area contributed by atoms with Crippen LogP contribution in [-0.2, 0) is 6.42 Å². The first-order valence-corrected chi connectivity index (χ1v) is 8.17. The van der Waals surface area contributed by atoms with Gasteiger partial charge in [0.25, 0.3) is 5.91 Å². The summed E-state index contributed by atoms with van der Waals surface area (Å²) in [5, 5.41) is 16.0. The number of benzene rings is 1. The van der Waals surface area contributed by atoms with Crippen LogP contribution in [0.1, 0.15) is 22.2 Å². The molecule has 2 heterocycles. The molecule has 0 bridgehead atoms. The van der Waals surface area contributed by atoms with Crippen molar-refractivity contribution < 1.29 is 4.79 Å². The molecule has 2 N–H and O–H groups in total. The van der Waals surface area contributed by atoms with Gasteiger partial charge in [-0.1, -0.05) is 31.2 Å². The smallest absolute Gasteiger partial charge is 0.266 e. The number of nitrogens with one attached hydrogen (secondary N) is 2. The van der Waals surface area contributed by atoms with Gasteiger partial charge in [0.15, 0.2) is 11.6 Å². The van der Waals surface area contributed by atoms with E-state index in [4.69, 9.17) is 0 Å². The Morgan fingerprint density at radius 3 is 2.52 bits per heavy atom. The number of aromatic nitrogens is 2. The molecule has 0 aliphatic heterocycles. The first-order chi connectivity index (χ1) is 11.3. The number of carbonyl (C=O) groups excluding carboxylic acids is 1. The lowest BCUT2D eigenvalue weighted by Gasteiger charge is -2.10. The predicted octanol–water partition coefficient (Wildman–Crippen LogP) is 4.10. The number of hydrogen-bond acceptors (Lipinski definition) is 5. The van der Waals surface area contributed by atoms with Crippen molar-refractivity contribution in [2.24, 2.45) is 0 Å². The van der Waals surface area contributed by atoms with Gasteiger partial charge < -0.3 is 10.6 Å². The summed E-state index contributed by atoms with van der Waals surface area (Å²) in [6.07, 6.45) is 0.936.